The van der Waals surface area contributed by atoms with Gasteiger partial charge in [0.05, 0.1) is 0 Å². The number of hydrogen-bond acceptors (Lipinski definition) is 4. The molecule has 2 aromatic rings. The van der Waals surface area contributed by atoms with Crippen LogP contribution in [0.3, 0.4) is 0 Å². The van der Waals surface area contributed by atoms with Crippen molar-refractivity contribution in [2.75, 3.05) is 5.32 Å². The van der Waals surface area contributed by atoms with E-state index in [1.165, 1.54) is 0 Å². The van der Waals surface area contributed by atoms with E-state index in [9.17, 15) is 9.90 Å². The smallest absolute Gasteiger partial charge is 0.295 e. The number of aromatic amines is 1. The summed E-state index contributed by atoms with van der Waals surface area (Å²) in [5.74, 6) is 0.503. The number of anilines is 1. The van der Waals surface area contributed by atoms with Gasteiger partial charge in [-0.25, -0.2) is 4.98 Å². The Bertz CT molecular complexity index is 604. The number of rotatable bonds is 2. The minimum Gasteiger partial charge on any atom is -0.508 e. The Kier molecular flexibility index (Phi) is 3.01. The second-order valence-electron chi connectivity index (χ2n) is 4.15. The molecule has 0 aliphatic carbocycles. The summed E-state index contributed by atoms with van der Waals surface area (Å²) in [5, 5.41) is 18.6. The molecule has 0 radical (unpaired) electrons. The molecule has 0 unspecified atom stereocenters. The van der Waals surface area contributed by atoms with Gasteiger partial charge in [0, 0.05) is 5.69 Å². The molecule has 0 aliphatic rings. The number of phenols is 1. The van der Waals surface area contributed by atoms with Crippen LogP contribution < -0.4 is 5.32 Å². The van der Waals surface area contributed by atoms with Crippen molar-refractivity contribution in [2.24, 2.45) is 0 Å². The number of phenolic OH excluding ortho intramolecular Hbond substituents is 1. The molecule has 2 rings (SSSR count). The molecular formula is C12H14N4O2. The number of hydrogen-bond donors (Lipinski definition) is 3. The first-order valence-electron chi connectivity index (χ1n) is 5.48. The summed E-state index contributed by atoms with van der Waals surface area (Å²) in [7, 11) is 0. The van der Waals surface area contributed by atoms with Gasteiger partial charge in [0.25, 0.3) is 5.91 Å². The molecule has 0 bridgehead atoms. The third-order valence-corrected chi connectivity index (χ3v) is 2.59. The average molecular weight is 246 g/mol. The molecule has 0 spiro atoms. The summed E-state index contributed by atoms with van der Waals surface area (Å²) in [6.45, 7) is 5.29. The van der Waals surface area contributed by atoms with Gasteiger partial charge in [-0.1, -0.05) is 0 Å². The maximum atomic E-state index is 11.9. The van der Waals surface area contributed by atoms with Crippen molar-refractivity contribution < 1.29 is 9.90 Å². The fourth-order valence-corrected chi connectivity index (χ4v) is 1.56. The van der Waals surface area contributed by atoms with E-state index in [2.05, 4.69) is 20.5 Å². The Morgan fingerprint density at radius 1 is 1.28 bits per heavy atom. The number of carbonyl (C=O) groups is 1. The van der Waals surface area contributed by atoms with Crippen LogP contribution in [0.15, 0.2) is 12.1 Å². The first-order valence-corrected chi connectivity index (χ1v) is 5.48. The lowest BCUT2D eigenvalue weighted by Gasteiger charge is -2.09. The summed E-state index contributed by atoms with van der Waals surface area (Å²) in [6.07, 6.45) is 0. The first-order chi connectivity index (χ1) is 8.47. The van der Waals surface area contributed by atoms with Gasteiger partial charge in [0.2, 0.25) is 5.82 Å². The second kappa shape index (κ2) is 4.48. The highest BCUT2D eigenvalue weighted by atomic mass is 16.3. The van der Waals surface area contributed by atoms with Gasteiger partial charge in [0.1, 0.15) is 11.6 Å². The Balaban J connectivity index is 2.24. The fourth-order valence-electron chi connectivity index (χ4n) is 1.56. The van der Waals surface area contributed by atoms with E-state index in [0.29, 0.717) is 17.1 Å². The summed E-state index contributed by atoms with van der Waals surface area (Å²) >= 11 is 0. The zero-order valence-corrected chi connectivity index (χ0v) is 10.4. The molecule has 1 aromatic carbocycles. The predicted octanol–water partition coefficient (Wildman–Crippen LogP) is 1.69. The zero-order valence-electron chi connectivity index (χ0n) is 10.4. The number of nitrogens with zero attached hydrogens (tertiary/aromatic N) is 2. The fraction of sp³-hybridized carbons (Fsp3) is 0.250. The van der Waals surface area contributed by atoms with E-state index in [0.717, 1.165) is 5.56 Å². The van der Waals surface area contributed by atoms with Crippen LogP contribution in [0.1, 0.15) is 27.6 Å². The third-order valence-electron chi connectivity index (χ3n) is 2.59. The molecular weight excluding hydrogens is 232 g/mol. The summed E-state index contributed by atoms with van der Waals surface area (Å²) in [4.78, 5) is 15.8. The molecule has 1 amide bonds. The van der Waals surface area contributed by atoms with Crippen LogP contribution in [0, 0.1) is 20.8 Å². The minimum absolute atomic E-state index is 0.0950. The number of aryl methyl sites for hydroxylation is 3. The molecule has 0 fully saturated rings. The molecule has 1 heterocycles. The van der Waals surface area contributed by atoms with Gasteiger partial charge in [-0.15, -0.1) is 5.10 Å². The van der Waals surface area contributed by atoms with Crippen molar-refractivity contribution in [3.8, 4) is 5.75 Å². The van der Waals surface area contributed by atoms with Gasteiger partial charge in [-0.05, 0) is 44.0 Å². The van der Waals surface area contributed by atoms with Crippen LogP contribution in [0.25, 0.3) is 0 Å². The molecule has 94 valence electrons. The van der Waals surface area contributed by atoms with Crippen LogP contribution in [-0.2, 0) is 0 Å². The number of amides is 1. The lowest BCUT2D eigenvalue weighted by Crippen LogP contribution is -2.14. The summed E-state index contributed by atoms with van der Waals surface area (Å²) < 4.78 is 0. The zero-order chi connectivity index (χ0) is 13.3. The van der Waals surface area contributed by atoms with Crippen molar-refractivity contribution in [1.29, 1.82) is 0 Å². The Morgan fingerprint density at radius 2 is 2.00 bits per heavy atom. The number of aromatic hydroxyl groups is 1. The highest BCUT2D eigenvalue weighted by molar-refractivity contribution is 6.02. The molecule has 1 aromatic heterocycles. The molecule has 6 heteroatoms. The lowest BCUT2D eigenvalue weighted by molar-refractivity contribution is 0.101. The molecule has 3 N–H and O–H groups in total. The van der Waals surface area contributed by atoms with E-state index in [1.54, 1.807) is 32.9 Å². The number of nitrogens with one attached hydrogen (secondary N) is 2. The highest BCUT2D eigenvalue weighted by Gasteiger charge is 2.13. The van der Waals surface area contributed by atoms with Crippen LogP contribution in [0.5, 0.6) is 5.75 Å². The molecule has 0 atom stereocenters. The van der Waals surface area contributed by atoms with E-state index in [1.807, 2.05) is 0 Å². The van der Waals surface area contributed by atoms with E-state index in [-0.39, 0.29) is 17.5 Å². The van der Waals surface area contributed by atoms with Gasteiger partial charge in [-0.2, -0.15) is 0 Å². The first kappa shape index (κ1) is 12.1. The Morgan fingerprint density at radius 3 is 2.61 bits per heavy atom. The Hall–Kier alpha value is -2.37. The highest BCUT2D eigenvalue weighted by Crippen LogP contribution is 2.25. The molecule has 0 saturated heterocycles. The van der Waals surface area contributed by atoms with Crippen LogP contribution in [0.2, 0.25) is 0 Å². The monoisotopic (exact) mass is 246 g/mol. The van der Waals surface area contributed by atoms with E-state index in [4.69, 9.17) is 0 Å². The summed E-state index contributed by atoms with van der Waals surface area (Å²) in [6, 6.07) is 3.32. The van der Waals surface area contributed by atoms with Crippen LogP contribution in [0.4, 0.5) is 5.69 Å². The van der Waals surface area contributed by atoms with Crippen molar-refractivity contribution >= 4 is 11.6 Å². The van der Waals surface area contributed by atoms with Crippen molar-refractivity contribution in [1.82, 2.24) is 15.2 Å². The molecule has 18 heavy (non-hydrogen) atoms. The largest absolute Gasteiger partial charge is 0.508 e. The van der Waals surface area contributed by atoms with Gasteiger partial charge >= 0.3 is 0 Å². The van der Waals surface area contributed by atoms with Crippen molar-refractivity contribution in [3.05, 3.63) is 34.9 Å². The molecule has 0 aliphatic heterocycles. The standard InChI is InChI=1S/C12H14N4O2/c1-6-5-10(17)7(2)4-9(6)14-12(18)11-13-8(3)15-16-11/h4-5,17H,1-3H3,(H,14,18)(H,13,15,16). The number of aromatic nitrogens is 3. The molecule has 0 saturated carbocycles. The minimum atomic E-state index is -0.382. The van der Waals surface area contributed by atoms with Gasteiger partial charge in [-0.3, -0.25) is 9.89 Å². The average Bonchev–Trinajstić information content (AvgIpc) is 2.73. The number of H-pyrrole nitrogens is 1. The number of benzene rings is 1. The van der Waals surface area contributed by atoms with E-state index < -0.39 is 0 Å². The Labute approximate surface area is 104 Å². The van der Waals surface area contributed by atoms with E-state index >= 15 is 0 Å². The third kappa shape index (κ3) is 2.32. The second-order valence-corrected chi connectivity index (χ2v) is 4.15. The maximum Gasteiger partial charge on any atom is 0.295 e. The topological polar surface area (TPSA) is 90.9 Å². The van der Waals surface area contributed by atoms with Gasteiger partial charge in [0.15, 0.2) is 0 Å². The summed E-state index contributed by atoms with van der Waals surface area (Å²) in [5.41, 5.74) is 2.11. The lowest BCUT2D eigenvalue weighted by atomic mass is 10.1. The van der Waals surface area contributed by atoms with Crippen LogP contribution in [-0.4, -0.2) is 26.2 Å². The predicted molar refractivity (Wildman–Crippen MR) is 66.7 cm³/mol. The number of carbonyl (C=O) groups excluding carboxylic acids is 1. The van der Waals surface area contributed by atoms with Crippen molar-refractivity contribution in [2.45, 2.75) is 20.8 Å². The SMILES string of the molecule is Cc1nc(C(=O)Nc2cc(C)c(O)cc2C)n[nH]1. The van der Waals surface area contributed by atoms with Crippen molar-refractivity contribution in [3.63, 3.8) is 0 Å². The normalized spacial score (nSPS) is 10.4. The quantitative estimate of drug-likeness (QED) is 0.703. The molecule has 6 nitrogen and oxygen atoms in total. The maximum absolute atomic E-state index is 11.9. The van der Waals surface area contributed by atoms with Gasteiger partial charge < -0.3 is 10.4 Å². The van der Waals surface area contributed by atoms with Crippen LogP contribution >= 0.6 is 0 Å².